The molecular weight excluding hydrogens is 442 g/mol. The summed E-state index contributed by atoms with van der Waals surface area (Å²) in [6, 6.07) is 6.45. The fourth-order valence-electron chi connectivity index (χ4n) is 3.27. The lowest BCUT2D eigenvalue weighted by molar-refractivity contribution is -0.130. The molecule has 4 amide bonds. The van der Waals surface area contributed by atoms with Gasteiger partial charge in [0.05, 0.1) is 5.69 Å². The SMILES string of the molecule is CC(C)(C)OC(=O)NN(C(=O)OC(C)(C)C)[C@@]1(C)C(=O)N(C(=O)OC(C)(C)C)c2ccccc21. The molecule has 0 unspecified atom stereocenters. The Bertz CT molecular complexity index is 986. The summed E-state index contributed by atoms with van der Waals surface area (Å²) in [5.41, 5.74) is -1.64. The van der Waals surface area contributed by atoms with Crippen molar-refractivity contribution in [1.82, 2.24) is 10.4 Å². The van der Waals surface area contributed by atoms with Gasteiger partial charge in [0, 0.05) is 5.56 Å². The number of rotatable bonds is 1. The first kappa shape index (κ1) is 26.9. The van der Waals surface area contributed by atoms with Crippen molar-refractivity contribution in [3.05, 3.63) is 29.8 Å². The van der Waals surface area contributed by atoms with Gasteiger partial charge in [-0.3, -0.25) is 4.79 Å². The zero-order valence-corrected chi connectivity index (χ0v) is 21.6. The van der Waals surface area contributed by atoms with Crippen LogP contribution in [0.1, 0.15) is 74.8 Å². The number of ether oxygens (including phenoxy) is 3. The number of amides is 4. The van der Waals surface area contributed by atoms with Crippen molar-refractivity contribution < 1.29 is 33.4 Å². The molecular formula is C24H35N3O7. The number of hydrazine groups is 1. The van der Waals surface area contributed by atoms with E-state index in [2.05, 4.69) is 5.43 Å². The first-order valence-electron chi connectivity index (χ1n) is 11.0. The van der Waals surface area contributed by atoms with Crippen LogP contribution in [0.2, 0.25) is 0 Å². The van der Waals surface area contributed by atoms with E-state index in [4.69, 9.17) is 14.2 Å². The average Bonchev–Trinajstić information content (AvgIpc) is 2.84. The minimum Gasteiger partial charge on any atom is -0.443 e. The van der Waals surface area contributed by atoms with Gasteiger partial charge in [0.2, 0.25) is 0 Å². The summed E-state index contributed by atoms with van der Waals surface area (Å²) in [6.45, 7) is 16.4. The number of carbonyl (C=O) groups excluding carboxylic acids is 4. The Morgan fingerprint density at radius 2 is 1.35 bits per heavy atom. The van der Waals surface area contributed by atoms with Gasteiger partial charge in [0.1, 0.15) is 16.8 Å². The largest absolute Gasteiger partial charge is 0.443 e. The Morgan fingerprint density at radius 3 is 1.85 bits per heavy atom. The third-order valence-electron chi connectivity index (χ3n) is 4.49. The molecule has 0 bridgehead atoms. The number of hydrogen-bond acceptors (Lipinski definition) is 7. The highest BCUT2D eigenvalue weighted by atomic mass is 16.6. The van der Waals surface area contributed by atoms with Crippen molar-refractivity contribution in [3.63, 3.8) is 0 Å². The number of carbonyl (C=O) groups is 4. The van der Waals surface area contributed by atoms with Crippen molar-refractivity contribution in [2.45, 2.75) is 91.6 Å². The fraction of sp³-hybridized carbons (Fsp3) is 0.583. The van der Waals surface area contributed by atoms with Crippen LogP contribution in [-0.2, 0) is 24.5 Å². The molecule has 0 aliphatic carbocycles. The number of hydrogen-bond donors (Lipinski definition) is 1. The van der Waals surface area contributed by atoms with E-state index < -0.39 is 46.5 Å². The van der Waals surface area contributed by atoms with E-state index in [1.807, 2.05) is 0 Å². The molecule has 34 heavy (non-hydrogen) atoms. The topological polar surface area (TPSA) is 114 Å². The Labute approximate surface area is 200 Å². The van der Waals surface area contributed by atoms with Crippen LogP contribution in [0.4, 0.5) is 20.1 Å². The van der Waals surface area contributed by atoms with Crippen LogP contribution >= 0.6 is 0 Å². The summed E-state index contributed by atoms with van der Waals surface area (Å²) in [7, 11) is 0. The second-order valence-corrected chi connectivity index (χ2v) is 11.1. The third kappa shape index (κ3) is 5.98. The summed E-state index contributed by atoms with van der Waals surface area (Å²) in [6.07, 6.45) is -2.88. The summed E-state index contributed by atoms with van der Waals surface area (Å²) < 4.78 is 16.2. The van der Waals surface area contributed by atoms with Crippen LogP contribution in [0.25, 0.3) is 0 Å². The summed E-state index contributed by atoms with van der Waals surface area (Å²) >= 11 is 0. The number of para-hydroxylation sites is 1. The third-order valence-corrected chi connectivity index (χ3v) is 4.49. The summed E-state index contributed by atoms with van der Waals surface area (Å²) in [4.78, 5) is 53.5. The zero-order valence-electron chi connectivity index (χ0n) is 21.6. The van der Waals surface area contributed by atoms with Gasteiger partial charge in [-0.15, -0.1) is 0 Å². The van der Waals surface area contributed by atoms with Gasteiger partial charge < -0.3 is 14.2 Å². The second-order valence-electron chi connectivity index (χ2n) is 11.1. The smallest absolute Gasteiger partial charge is 0.430 e. The van der Waals surface area contributed by atoms with Crippen molar-refractivity contribution in [3.8, 4) is 0 Å². The first-order valence-corrected chi connectivity index (χ1v) is 11.0. The maximum absolute atomic E-state index is 13.8. The van der Waals surface area contributed by atoms with Crippen LogP contribution in [0.15, 0.2) is 24.3 Å². The lowest BCUT2D eigenvalue weighted by Gasteiger charge is -2.38. The zero-order chi connectivity index (χ0) is 26.3. The van der Waals surface area contributed by atoms with Gasteiger partial charge in [0.25, 0.3) is 5.91 Å². The van der Waals surface area contributed by atoms with Gasteiger partial charge >= 0.3 is 18.3 Å². The van der Waals surface area contributed by atoms with Crippen LogP contribution in [-0.4, -0.2) is 46.0 Å². The summed E-state index contributed by atoms with van der Waals surface area (Å²) in [5.74, 6) is -0.801. The van der Waals surface area contributed by atoms with E-state index >= 15 is 0 Å². The number of nitrogens with zero attached hydrogens (tertiary/aromatic N) is 2. The predicted octanol–water partition coefficient (Wildman–Crippen LogP) is 4.86. The number of imide groups is 1. The molecule has 2 rings (SSSR count). The Hall–Kier alpha value is -3.30. The van der Waals surface area contributed by atoms with Gasteiger partial charge in [-0.05, 0) is 75.3 Å². The molecule has 1 aliphatic heterocycles. The molecule has 1 aliphatic rings. The predicted molar refractivity (Wildman–Crippen MR) is 125 cm³/mol. The molecule has 1 heterocycles. The van der Waals surface area contributed by atoms with Gasteiger partial charge in [-0.25, -0.2) is 24.7 Å². The first-order chi connectivity index (χ1) is 15.3. The number of nitrogens with one attached hydrogen (secondary N) is 1. The maximum Gasteiger partial charge on any atom is 0.430 e. The standard InChI is InChI=1S/C24H35N3O7/c1-21(2,3)32-18(29)25-27(20(31)34-23(7,8)9)24(10)15-13-11-12-14-16(15)26(17(24)28)19(30)33-22(4,5)6/h11-14H,1-10H3,(H,25,29)/t24-/m1/s1. The molecule has 1 aromatic rings. The molecule has 1 N–H and O–H groups in total. The van der Waals surface area contributed by atoms with E-state index in [1.165, 1.54) is 6.92 Å². The van der Waals surface area contributed by atoms with E-state index in [0.717, 1.165) is 9.91 Å². The molecule has 0 aromatic heterocycles. The van der Waals surface area contributed by atoms with E-state index in [-0.39, 0.29) is 5.69 Å². The molecule has 188 valence electrons. The molecule has 0 saturated carbocycles. The number of fused-ring (bicyclic) bond motifs is 1. The van der Waals surface area contributed by atoms with E-state index in [0.29, 0.717) is 5.56 Å². The quantitative estimate of drug-likeness (QED) is 0.454. The lowest BCUT2D eigenvalue weighted by Crippen LogP contribution is -2.62. The Balaban J connectivity index is 2.61. The minimum atomic E-state index is -1.84. The van der Waals surface area contributed by atoms with Crippen LogP contribution in [0.3, 0.4) is 0 Å². The number of benzene rings is 1. The number of anilines is 1. The highest BCUT2D eigenvalue weighted by Gasteiger charge is 2.57. The average molecular weight is 478 g/mol. The molecule has 0 fully saturated rings. The normalized spacial score (nSPS) is 18.2. The molecule has 1 atom stereocenters. The molecule has 10 heteroatoms. The Kier molecular flexibility index (Phi) is 6.98. The van der Waals surface area contributed by atoms with Crippen LogP contribution < -0.4 is 10.3 Å². The molecule has 1 aromatic carbocycles. The van der Waals surface area contributed by atoms with Crippen LogP contribution in [0, 0.1) is 0 Å². The minimum absolute atomic E-state index is 0.226. The highest BCUT2D eigenvalue weighted by Crippen LogP contribution is 2.44. The van der Waals surface area contributed by atoms with Gasteiger partial charge in [-0.2, -0.15) is 5.01 Å². The Morgan fingerprint density at radius 1 is 0.853 bits per heavy atom. The lowest BCUT2D eigenvalue weighted by atomic mass is 9.93. The molecule has 0 radical (unpaired) electrons. The molecule has 0 saturated heterocycles. The van der Waals surface area contributed by atoms with E-state index in [1.54, 1.807) is 86.6 Å². The van der Waals surface area contributed by atoms with Gasteiger partial charge in [0.15, 0.2) is 5.54 Å². The van der Waals surface area contributed by atoms with E-state index in [9.17, 15) is 19.2 Å². The molecule has 10 nitrogen and oxygen atoms in total. The molecule has 0 spiro atoms. The van der Waals surface area contributed by atoms with Crippen LogP contribution in [0.5, 0.6) is 0 Å². The monoisotopic (exact) mass is 477 g/mol. The van der Waals surface area contributed by atoms with Crippen molar-refractivity contribution in [1.29, 1.82) is 0 Å². The second kappa shape index (κ2) is 8.81. The fourth-order valence-corrected chi connectivity index (χ4v) is 3.27. The van der Waals surface area contributed by atoms with Gasteiger partial charge in [-0.1, -0.05) is 18.2 Å². The van der Waals surface area contributed by atoms with Crippen molar-refractivity contribution in [2.24, 2.45) is 0 Å². The summed E-state index contributed by atoms with van der Waals surface area (Å²) in [5, 5.41) is 0.762. The van der Waals surface area contributed by atoms with Crippen molar-refractivity contribution >= 4 is 29.9 Å². The maximum atomic E-state index is 13.8. The van der Waals surface area contributed by atoms with Crippen molar-refractivity contribution in [2.75, 3.05) is 4.90 Å². The highest BCUT2D eigenvalue weighted by molar-refractivity contribution is 6.21.